The Morgan fingerprint density at radius 2 is 1.15 bits per heavy atom. The third-order valence-corrected chi connectivity index (χ3v) is 4.92. The summed E-state index contributed by atoms with van der Waals surface area (Å²) in [7, 11) is 0. The van der Waals surface area contributed by atoms with Gasteiger partial charge in [0.15, 0.2) is 0 Å². The fraction of sp³-hybridized carbons (Fsp3) is 0. The molecule has 0 fully saturated rings. The number of non-ortho nitro benzene ring substituents is 2. The highest BCUT2D eigenvalue weighted by Gasteiger charge is 2.18. The van der Waals surface area contributed by atoms with Crippen molar-refractivity contribution in [3.05, 3.63) is 95.9 Å². The molecule has 136 valence electrons. The molecule has 0 amide bonds. The molecule has 9 heteroatoms. The van der Waals surface area contributed by atoms with E-state index in [-0.39, 0.29) is 11.4 Å². The molecule has 0 saturated carbocycles. The predicted molar refractivity (Wildman–Crippen MR) is 110 cm³/mol. The summed E-state index contributed by atoms with van der Waals surface area (Å²) in [4.78, 5) is 22.8. The molecule has 0 radical (unpaired) electrons. The molecular formula is C18H11Br2N3O4. The van der Waals surface area contributed by atoms with Gasteiger partial charge in [-0.15, -0.1) is 0 Å². The summed E-state index contributed by atoms with van der Waals surface area (Å²) < 4.78 is 1.67. The molecule has 0 heterocycles. The lowest BCUT2D eigenvalue weighted by molar-refractivity contribution is -0.385. The van der Waals surface area contributed by atoms with E-state index in [0.717, 1.165) is 14.6 Å². The van der Waals surface area contributed by atoms with Gasteiger partial charge in [-0.1, -0.05) is 15.9 Å². The fourth-order valence-corrected chi connectivity index (χ4v) is 3.76. The Bertz CT molecular complexity index is 951. The third kappa shape index (κ3) is 4.15. The number of halogens is 2. The summed E-state index contributed by atoms with van der Waals surface area (Å²) in [6.07, 6.45) is 0. The quantitative estimate of drug-likeness (QED) is 0.299. The van der Waals surface area contributed by atoms with Crippen molar-refractivity contribution in [3.8, 4) is 0 Å². The van der Waals surface area contributed by atoms with Crippen LogP contribution in [-0.4, -0.2) is 9.85 Å². The number of hydrogen-bond donors (Lipinski definition) is 0. The van der Waals surface area contributed by atoms with Gasteiger partial charge in [0.1, 0.15) is 0 Å². The minimum atomic E-state index is -0.463. The first-order valence-corrected chi connectivity index (χ1v) is 9.19. The van der Waals surface area contributed by atoms with E-state index in [2.05, 4.69) is 31.9 Å². The lowest BCUT2D eigenvalue weighted by Crippen LogP contribution is -2.10. The van der Waals surface area contributed by atoms with Crippen LogP contribution in [0.3, 0.4) is 0 Å². The molecule has 0 atom stereocenters. The van der Waals surface area contributed by atoms with Crippen LogP contribution in [0.4, 0.5) is 28.4 Å². The molecule has 3 aromatic rings. The van der Waals surface area contributed by atoms with Crippen LogP contribution in [0.1, 0.15) is 0 Å². The van der Waals surface area contributed by atoms with Crippen LogP contribution in [-0.2, 0) is 0 Å². The molecule has 0 saturated heterocycles. The van der Waals surface area contributed by atoms with Crippen LogP contribution in [0.5, 0.6) is 0 Å². The number of nitrogens with zero attached hydrogens (tertiary/aromatic N) is 3. The van der Waals surface area contributed by atoms with Crippen molar-refractivity contribution in [2.24, 2.45) is 0 Å². The summed E-state index contributed by atoms with van der Waals surface area (Å²) >= 11 is 6.94. The molecule has 3 aromatic carbocycles. The molecule has 0 aliphatic carbocycles. The maximum atomic E-state index is 10.9. The molecular weight excluding hydrogens is 482 g/mol. The molecule has 0 aromatic heterocycles. The van der Waals surface area contributed by atoms with Gasteiger partial charge in [-0.3, -0.25) is 20.2 Å². The second kappa shape index (κ2) is 7.85. The summed E-state index contributed by atoms with van der Waals surface area (Å²) in [6, 6.07) is 17.8. The van der Waals surface area contributed by atoms with Gasteiger partial charge in [-0.05, 0) is 58.4 Å². The molecule has 0 N–H and O–H groups in total. The van der Waals surface area contributed by atoms with Crippen molar-refractivity contribution in [1.29, 1.82) is 0 Å². The number of benzene rings is 3. The van der Waals surface area contributed by atoms with Gasteiger partial charge in [0.2, 0.25) is 0 Å². The van der Waals surface area contributed by atoms with Gasteiger partial charge < -0.3 is 4.90 Å². The monoisotopic (exact) mass is 491 g/mol. The second-order valence-corrected chi connectivity index (χ2v) is 7.25. The average Bonchev–Trinajstić information content (AvgIpc) is 2.64. The van der Waals surface area contributed by atoms with Gasteiger partial charge in [0.05, 0.1) is 15.5 Å². The van der Waals surface area contributed by atoms with E-state index in [1.165, 1.54) is 24.3 Å². The minimum absolute atomic E-state index is 0.0164. The number of nitro benzene ring substituents is 2. The van der Waals surface area contributed by atoms with Crippen molar-refractivity contribution in [2.45, 2.75) is 0 Å². The molecule has 0 bridgehead atoms. The molecule has 27 heavy (non-hydrogen) atoms. The van der Waals surface area contributed by atoms with E-state index < -0.39 is 9.85 Å². The molecule has 7 nitrogen and oxygen atoms in total. The standard InChI is InChI=1S/C18H11Br2N3O4/c19-12-1-10-18(17(20)11-12)21(13-2-6-15(7-3-13)22(24)25)14-4-8-16(9-5-14)23(26)27/h1-11H. The van der Waals surface area contributed by atoms with E-state index in [0.29, 0.717) is 11.4 Å². The summed E-state index contributed by atoms with van der Waals surface area (Å²) in [5.41, 5.74) is 2.10. The topological polar surface area (TPSA) is 89.5 Å². The smallest absolute Gasteiger partial charge is 0.269 e. The van der Waals surface area contributed by atoms with Crippen molar-refractivity contribution in [1.82, 2.24) is 0 Å². The fourth-order valence-electron chi connectivity index (χ4n) is 2.54. The Morgan fingerprint density at radius 1 is 0.704 bits per heavy atom. The van der Waals surface area contributed by atoms with E-state index in [1.807, 2.05) is 23.1 Å². The summed E-state index contributed by atoms with van der Waals surface area (Å²) in [5.74, 6) is 0. The minimum Gasteiger partial charge on any atom is -0.309 e. The first kappa shape index (κ1) is 19.0. The van der Waals surface area contributed by atoms with Crippen molar-refractivity contribution < 1.29 is 9.85 Å². The summed E-state index contributed by atoms with van der Waals surface area (Å²) in [6.45, 7) is 0. The number of anilines is 3. The van der Waals surface area contributed by atoms with Crippen LogP contribution in [0.2, 0.25) is 0 Å². The van der Waals surface area contributed by atoms with Gasteiger partial charge in [0, 0.05) is 44.6 Å². The van der Waals surface area contributed by atoms with Crippen LogP contribution in [0.25, 0.3) is 0 Å². The highest BCUT2D eigenvalue weighted by molar-refractivity contribution is 9.11. The maximum absolute atomic E-state index is 10.9. The lowest BCUT2D eigenvalue weighted by Gasteiger charge is -2.26. The van der Waals surface area contributed by atoms with Crippen LogP contribution in [0.15, 0.2) is 75.7 Å². The lowest BCUT2D eigenvalue weighted by atomic mass is 10.1. The highest BCUT2D eigenvalue weighted by Crippen LogP contribution is 2.40. The Hall–Kier alpha value is -2.78. The van der Waals surface area contributed by atoms with Gasteiger partial charge in [-0.2, -0.15) is 0 Å². The Labute approximate surface area is 170 Å². The van der Waals surface area contributed by atoms with Gasteiger partial charge in [0.25, 0.3) is 11.4 Å². The second-order valence-electron chi connectivity index (χ2n) is 5.48. The Kier molecular flexibility index (Phi) is 5.52. The van der Waals surface area contributed by atoms with E-state index in [9.17, 15) is 20.2 Å². The number of hydrogen-bond acceptors (Lipinski definition) is 5. The van der Waals surface area contributed by atoms with E-state index >= 15 is 0 Å². The van der Waals surface area contributed by atoms with Gasteiger partial charge >= 0.3 is 0 Å². The highest BCUT2D eigenvalue weighted by atomic mass is 79.9. The Balaban J connectivity index is 2.13. The zero-order valence-electron chi connectivity index (χ0n) is 13.6. The third-order valence-electron chi connectivity index (χ3n) is 3.79. The molecule has 0 spiro atoms. The van der Waals surface area contributed by atoms with Crippen molar-refractivity contribution in [3.63, 3.8) is 0 Å². The van der Waals surface area contributed by atoms with E-state index in [1.54, 1.807) is 24.3 Å². The zero-order chi connectivity index (χ0) is 19.6. The van der Waals surface area contributed by atoms with E-state index in [4.69, 9.17) is 0 Å². The maximum Gasteiger partial charge on any atom is 0.269 e. The first-order valence-electron chi connectivity index (χ1n) is 7.61. The normalized spacial score (nSPS) is 10.4. The largest absolute Gasteiger partial charge is 0.309 e. The predicted octanol–water partition coefficient (Wildman–Crippen LogP) is 6.50. The van der Waals surface area contributed by atoms with Gasteiger partial charge in [-0.25, -0.2) is 0 Å². The van der Waals surface area contributed by atoms with Crippen LogP contribution >= 0.6 is 31.9 Å². The molecule has 0 aliphatic heterocycles. The van der Waals surface area contributed by atoms with Crippen molar-refractivity contribution in [2.75, 3.05) is 4.90 Å². The van der Waals surface area contributed by atoms with Crippen LogP contribution < -0.4 is 4.90 Å². The SMILES string of the molecule is O=[N+]([O-])c1ccc(N(c2ccc([N+](=O)[O-])cc2)c2ccc(Br)cc2Br)cc1. The first-order chi connectivity index (χ1) is 12.9. The van der Waals surface area contributed by atoms with Crippen molar-refractivity contribution >= 4 is 60.3 Å². The zero-order valence-corrected chi connectivity index (χ0v) is 16.8. The van der Waals surface area contributed by atoms with Crippen LogP contribution in [0, 0.1) is 20.2 Å². The average molecular weight is 493 g/mol. The summed E-state index contributed by atoms with van der Waals surface area (Å²) in [5, 5.41) is 21.9. The molecule has 0 unspecified atom stereocenters. The number of nitro groups is 2. The molecule has 3 rings (SSSR count). The number of rotatable bonds is 5. The Morgan fingerprint density at radius 3 is 1.52 bits per heavy atom. The molecule has 0 aliphatic rings.